The summed E-state index contributed by atoms with van der Waals surface area (Å²) in [6.07, 6.45) is 4.36. The van der Waals surface area contributed by atoms with Crippen LogP contribution in [0, 0.1) is 13.8 Å². The first-order valence-electron chi connectivity index (χ1n) is 5.12. The van der Waals surface area contributed by atoms with Crippen LogP contribution in [0.5, 0.6) is 0 Å². The summed E-state index contributed by atoms with van der Waals surface area (Å²) in [5.41, 5.74) is 3.90. The number of hydrogen-bond donors (Lipinski definition) is 0. The van der Waals surface area contributed by atoms with Crippen LogP contribution < -0.4 is 0 Å². The van der Waals surface area contributed by atoms with Crippen LogP contribution in [0.3, 0.4) is 0 Å². The van der Waals surface area contributed by atoms with Crippen molar-refractivity contribution in [2.24, 2.45) is 0 Å². The molecule has 0 bridgehead atoms. The molecule has 0 N–H and O–H groups in total. The second-order valence-electron chi connectivity index (χ2n) is 3.71. The summed E-state index contributed by atoms with van der Waals surface area (Å²) < 4.78 is 0. The Kier molecular flexibility index (Phi) is 3.47. The lowest BCUT2D eigenvalue weighted by Gasteiger charge is -2.12. The van der Waals surface area contributed by atoms with Crippen molar-refractivity contribution in [3.8, 4) is 0 Å². The van der Waals surface area contributed by atoms with E-state index in [1.807, 2.05) is 6.20 Å². The summed E-state index contributed by atoms with van der Waals surface area (Å²) in [6, 6.07) is 2.23. The number of nitrogens with zero attached hydrogens (tertiary/aromatic N) is 1. The zero-order valence-corrected chi connectivity index (χ0v) is 9.09. The van der Waals surface area contributed by atoms with E-state index in [9.17, 15) is 0 Å². The number of aromatic nitrogens is 1. The second-order valence-corrected chi connectivity index (χ2v) is 3.71. The standard InChI is InChI=1S/C12H19N/c1-5-11(6-2)12-7-9(3)10(4)8-13-12/h7-8,11H,5-6H2,1-4H3. The highest BCUT2D eigenvalue weighted by atomic mass is 14.7. The first-order chi connectivity index (χ1) is 6.19. The van der Waals surface area contributed by atoms with Crippen molar-refractivity contribution in [2.45, 2.75) is 46.5 Å². The maximum Gasteiger partial charge on any atom is 0.0437 e. The highest BCUT2D eigenvalue weighted by Crippen LogP contribution is 2.22. The van der Waals surface area contributed by atoms with Gasteiger partial charge in [-0.05, 0) is 43.9 Å². The van der Waals surface area contributed by atoms with Gasteiger partial charge < -0.3 is 0 Å². The van der Waals surface area contributed by atoms with Crippen LogP contribution in [-0.4, -0.2) is 4.98 Å². The minimum Gasteiger partial charge on any atom is -0.261 e. The largest absolute Gasteiger partial charge is 0.261 e. The summed E-state index contributed by atoms with van der Waals surface area (Å²) in [5, 5.41) is 0. The van der Waals surface area contributed by atoms with Gasteiger partial charge in [0, 0.05) is 17.8 Å². The van der Waals surface area contributed by atoms with Gasteiger partial charge >= 0.3 is 0 Å². The predicted octanol–water partition coefficient (Wildman–Crippen LogP) is 3.60. The Morgan fingerprint density at radius 2 is 1.77 bits per heavy atom. The smallest absolute Gasteiger partial charge is 0.0437 e. The Balaban J connectivity index is 2.95. The van der Waals surface area contributed by atoms with E-state index >= 15 is 0 Å². The lowest BCUT2D eigenvalue weighted by Crippen LogP contribution is -2.00. The third-order valence-corrected chi connectivity index (χ3v) is 2.80. The van der Waals surface area contributed by atoms with Crippen molar-refractivity contribution in [2.75, 3.05) is 0 Å². The topological polar surface area (TPSA) is 12.9 Å². The Hall–Kier alpha value is -0.850. The fraction of sp³-hybridized carbons (Fsp3) is 0.583. The van der Waals surface area contributed by atoms with Gasteiger partial charge in [-0.25, -0.2) is 0 Å². The fourth-order valence-electron chi connectivity index (χ4n) is 1.58. The van der Waals surface area contributed by atoms with Gasteiger partial charge in [0.15, 0.2) is 0 Å². The molecule has 0 aromatic carbocycles. The van der Waals surface area contributed by atoms with Crippen molar-refractivity contribution >= 4 is 0 Å². The molecule has 1 heteroatoms. The first-order valence-corrected chi connectivity index (χ1v) is 5.12. The molecule has 0 unspecified atom stereocenters. The third-order valence-electron chi connectivity index (χ3n) is 2.80. The lowest BCUT2D eigenvalue weighted by molar-refractivity contribution is 0.622. The van der Waals surface area contributed by atoms with E-state index in [4.69, 9.17) is 0 Å². The molecule has 0 radical (unpaired) electrons. The monoisotopic (exact) mass is 177 g/mol. The Labute approximate surface area is 81.2 Å². The summed E-state index contributed by atoms with van der Waals surface area (Å²) in [7, 11) is 0. The van der Waals surface area contributed by atoms with Crippen molar-refractivity contribution in [1.82, 2.24) is 4.98 Å². The number of pyridine rings is 1. The van der Waals surface area contributed by atoms with Gasteiger partial charge in [0.05, 0.1) is 0 Å². The van der Waals surface area contributed by atoms with E-state index in [0.717, 1.165) is 0 Å². The maximum atomic E-state index is 4.48. The van der Waals surface area contributed by atoms with Crippen molar-refractivity contribution in [3.05, 3.63) is 29.1 Å². The molecule has 13 heavy (non-hydrogen) atoms. The van der Waals surface area contributed by atoms with Crippen molar-refractivity contribution in [1.29, 1.82) is 0 Å². The fourth-order valence-corrected chi connectivity index (χ4v) is 1.58. The van der Waals surface area contributed by atoms with E-state index in [-0.39, 0.29) is 0 Å². The number of hydrogen-bond acceptors (Lipinski definition) is 1. The average Bonchev–Trinajstić information content (AvgIpc) is 2.13. The van der Waals surface area contributed by atoms with Gasteiger partial charge in [0.2, 0.25) is 0 Å². The van der Waals surface area contributed by atoms with Crippen LogP contribution in [-0.2, 0) is 0 Å². The number of rotatable bonds is 3. The Morgan fingerprint density at radius 3 is 2.23 bits per heavy atom. The summed E-state index contributed by atoms with van der Waals surface area (Å²) in [4.78, 5) is 4.48. The van der Waals surface area contributed by atoms with E-state index in [0.29, 0.717) is 5.92 Å². The predicted molar refractivity (Wildman–Crippen MR) is 57.0 cm³/mol. The molecule has 0 amide bonds. The molecule has 0 fully saturated rings. The molecular formula is C12H19N. The zero-order chi connectivity index (χ0) is 9.84. The summed E-state index contributed by atoms with van der Waals surface area (Å²) >= 11 is 0. The van der Waals surface area contributed by atoms with Crippen molar-refractivity contribution < 1.29 is 0 Å². The van der Waals surface area contributed by atoms with Gasteiger partial charge in [0.1, 0.15) is 0 Å². The second kappa shape index (κ2) is 4.40. The Morgan fingerprint density at radius 1 is 1.15 bits per heavy atom. The molecule has 1 nitrogen and oxygen atoms in total. The molecule has 0 atom stereocenters. The molecule has 1 aromatic heterocycles. The third kappa shape index (κ3) is 2.30. The van der Waals surface area contributed by atoms with Crippen LogP contribution in [0.1, 0.15) is 49.4 Å². The van der Waals surface area contributed by atoms with Gasteiger partial charge in [-0.15, -0.1) is 0 Å². The number of aryl methyl sites for hydroxylation is 2. The average molecular weight is 177 g/mol. The van der Waals surface area contributed by atoms with E-state index in [1.165, 1.54) is 29.7 Å². The Bertz CT molecular complexity index is 274. The quantitative estimate of drug-likeness (QED) is 0.687. The summed E-state index contributed by atoms with van der Waals surface area (Å²) in [5.74, 6) is 0.638. The van der Waals surface area contributed by atoms with Crippen molar-refractivity contribution in [3.63, 3.8) is 0 Å². The van der Waals surface area contributed by atoms with E-state index in [1.54, 1.807) is 0 Å². The van der Waals surface area contributed by atoms with Crippen LogP contribution >= 0.6 is 0 Å². The highest BCUT2D eigenvalue weighted by molar-refractivity contribution is 5.25. The highest BCUT2D eigenvalue weighted by Gasteiger charge is 2.08. The minimum atomic E-state index is 0.638. The maximum absolute atomic E-state index is 4.48. The van der Waals surface area contributed by atoms with Gasteiger partial charge in [-0.3, -0.25) is 4.98 Å². The van der Waals surface area contributed by atoms with Crippen LogP contribution in [0.15, 0.2) is 12.3 Å². The molecule has 1 heterocycles. The molecular weight excluding hydrogens is 158 g/mol. The van der Waals surface area contributed by atoms with Gasteiger partial charge in [0.25, 0.3) is 0 Å². The van der Waals surface area contributed by atoms with Crippen LogP contribution in [0.4, 0.5) is 0 Å². The normalized spacial score (nSPS) is 10.8. The van der Waals surface area contributed by atoms with Gasteiger partial charge in [-0.1, -0.05) is 13.8 Å². The molecule has 1 aromatic rings. The molecule has 72 valence electrons. The van der Waals surface area contributed by atoms with Crippen LogP contribution in [0.25, 0.3) is 0 Å². The molecule has 1 rings (SSSR count). The van der Waals surface area contributed by atoms with E-state index in [2.05, 4.69) is 38.7 Å². The molecule has 0 saturated carbocycles. The first kappa shape index (κ1) is 10.2. The van der Waals surface area contributed by atoms with Crippen LogP contribution in [0.2, 0.25) is 0 Å². The minimum absolute atomic E-state index is 0.638. The SMILES string of the molecule is CCC(CC)c1cc(C)c(C)cn1. The molecule has 0 saturated heterocycles. The summed E-state index contributed by atoms with van der Waals surface area (Å²) in [6.45, 7) is 8.72. The molecule has 0 aliphatic carbocycles. The van der Waals surface area contributed by atoms with Gasteiger partial charge in [-0.2, -0.15) is 0 Å². The molecule has 0 aliphatic rings. The molecule has 0 spiro atoms. The van der Waals surface area contributed by atoms with E-state index < -0.39 is 0 Å². The zero-order valence-electron chi connectivity index (χ0n) is 9.09. The lowest BCUT2D eigenvalue weighted by atomic mass is 9.97. The molecule has 0 aliphatic heterocycles.